The van der Waals surface area contributed by atoms with Gasteiger partial charge in [-0.25, -0.2) is 14.8 Å². The number of nitrogens with one attached hydrogen (secondary N) is 1. The Morgan fingerprint density at radius 1 is 1.55 bits per heavy atom. The molecule has 0 radical (unpaired) electrons. The number of carbonyl (C=O) groups is 1. The SMILES string of the molecule is Cc1ncsc1CNc1cc(C(=O)O)c([N+](=O)[O-])cn1. The van der Waals surface area contributed by atoms with Gasteiger partial charge < -0.3 is 10.4 Å². The highest BCUT2D eigenvalue weighted by Gasteiger charge is 2.21. The molecule has 0 atom stereocenters. The predicted octanol–water partition coefficient (Wildman–Crippen LogP) is 2.07. The molecule has 9 heteroatoms. The van der Waals surface area contributed by atoms with Gasteiger partial charge in [-0.3, -0.25) is 10.1 Å². The Labute approximate surface area is 117 Å². The van der Waals surface area contributed by atoms with Gasteiger partial charge >= 0.3 is 11.7 Å². The first-order valence-corrected chi connectivity index (χ1v) is 6.37. The molecule has 20 heavy (non-hydrogen) atoms. The molecule has 2 rings (SSSR count). The fourth-order valence-corrected chi connectivity index (χ4v) is 2.25. The number of aromatic nitrogens is 2. The van der Waals surface area contributed by atoms with Crippen LogP contribution in [0.3, 0.4) is 0 Å². The van der Waals surface area contributed by atoms with Crippen LogP contribution >= 0.6 is 11.3 Å². The number of rotatable bonds is 5. The quantitative estimate of drug-likeness (QED) is 0.640. The normalized spacial score (nSPS) is 10.2. The third-order valence-corrected chi connectivity index (χ3v) is 3.52. The van der Waals surface area contributed by atoms with Crippen LogP contribution in [0.1, 0.15) is 20.9 Å². The predicted molar refractivity (Wildman–Crippen MR) is 72.0 cm³/mol. The summed E-state index contributed by atoms with van der Waals surface area (Å²) in [5.41, 5.74) is 1.66. The number of aryl methyl sites for hydroxylation is 1. The lowest BCUT2D eigenvalue weighted by Gasteiger charge is -2.05. The van der Waals surface area contributed by atoms with Crippen molar-refractivity contribution in [3.8, 4) is 0 Å². The molecule has 2 aromatic rings. The zero-order valence-corrected chi connectivity index (χ0v) is 11.2. The molecule has 0 aromatic carbocycles. The largest absolute Gasteiger partial charge is 0.477 e. The molecule has 0 spiro atoms. The van der Waals surface area contributed by atoms with E-state index in [-0.39, 0.29) is 5.82 Å². The van der Waals surface area contributed by atoms with Crippen molar-refractivity contribution < 1.29 is 14.8 Å². The van der Waals surface area contributed by atoms with Gasteiger partial charge in [0.1, 0.15) is 17.6 Å². The first-order chi connectivity index (χ1) is 9.49. The average Bonchev–Trinajstić information content (AvgIpc) is 2.81. The number of aromatic carboxylic acids is 1. The maximum absolute atomic E-state index is 11.0. The molecule has 8 nitrogen and oxygen atoms in total. The van der Waals surface area contributed by atoms with Gasteiger partial charge in [0.15, 0.2) is 0 Å². The number of hydrogen-bond donors (Lipinski definition) is 2. The number of anilines is 1. The van der Waals surface area contributed by atoms with Crippen LogP contribution in [-0.2, 0) is 6.54 Å². The highest BCUT2D eigenvalue weighted by Crippen LogP contribution is 2.21. The zero-order chi connectivity index (χ0) is 14.7. The first-order valence-electron chi connectivity index (χ1n) is 5.49. The summed E-state index contributed by atoms with van der Waals surface area (Å²) in [4.78, 5) is 29.8. The third kappa shape index (κ3) is 2.88. The molecule has 0 bridgehead atoms. The third-order valence-electron chi connectivity index (χ3n) is 2.58. The summed E-state index contributed by atoms with van der Waals surface area (Å²) >= 11 is 1.46. The number of nitrogens with zero attached hydrogens (tertiary/aromatic N) is 3. The number of hydrogen-bond acceptors (Lipinski definition) is 7. The highest BCUT2D eigenvalue weighted by molar-refractivity contribution is 7.09. The summed E-state index contributed by atoms with van der Waals surface area (Å²) in [6, 6.07) is 1.15. The van der Waals surface area contributed by atoms with Crippen molar-refractivity contribution in [3.05, 3.63) is 44.0 Å². The van der Waals surface area contributed by atoms with Crippen LogP contribution in [-0.4, -0.2) is 26.0 Å². The number of pyridine rings is 1. The second-order valence-electron chi connectivity index (χ2n) is 3.86. The summed E-state index contributed by atoms with van der Waals surface area (Å²) < 4.78 is 0. The van der Waals surface area contributed by atoms with E-state index in [1.807, 2.05) is 6.92 Å². The first kappa shape index (κ1) is 13.9. The van der Waals surface area contributed by atoms with Gasteiger partial charge in [0.05, 0.1) is 22.7 Å². The van der Waals surface area contributed by atoms with E-state index in [9.17, 15) is 14.9 Å². The smallest absolute Gasteiger partial charge is 0.342 e. The molecule has 0 saturated heterocycles. The maximum atomic E-state index is 11.0. The van der Waals surface area contributed by atoms with Gasteiger partial charge in [0, 0.05) is 10.9 Å². The molecule has 0 aliphatic rings. The van der Waals surface area contributed by atoms with Gasteiger partial charge in [0.2, 0.25) is 0 Å². The van der Waals surface area contributed by atoms with Gasteiger partial charge in [-0.15, -0.1) is 11.3 Å². The van der Waals surface area contributed by atoms with E-state index >= 15 is 0 Å². The summed E-state index contributed by atoms with van der Waals surface area (Å²) in [5, 5.41) is 22.6. The van der Waals surface area contributed by atoms with Crippen LogP contribution in [0.2, 0.25) is 0 Å². The van der Waals surface area contributed by atoms with Gasteiger partial charge in [-0.05, 0) is 6.92 Å². The van der Waals surface area contributed by atoms with Crippen LogP contribution in [0.5, 0.6) is 0 Å². The lowest BCUT2D eigenvalue weighted by Crippen LogP contribution is -2.07. The maximum Gasteiger partial charge on any atom is 0.342 e. The minimum Gasteiger partial charge on any atom is -0.477 e. The van der Waals surface area contributed by atoms with Crippen molar-refractivity contribution in [2.45, 2.75) is 13.5 Å². The van der Waals surface area contributed by atoms with Crippen molar-refractivity contribution >= 4 is 28.8 Å². The summed E-state index contributed by atoms with van der Waals surface area (Å²) in [7, 11) is 0. The molecule has 0 saturated carbocycles. The molecule has 104 valence electrons. The summed E-state index contributed by atoms with van der Waals surface area (Å²) in [6.45, 7) is 2.29. The Hall–Kier alpha value is -2.55. The minimum absolute atomic E-state index is 0.265. The van der Waals surface area contributed by atoms with E-state index in [0.29, 0.717) is 6.54 Å². The Morgan fingerprint density at radius 3 is 2.85 bits per heavy atom. The van der Waals surface area contributed by atoms with Crippen molar-refractivity contribution in [1.29, 1.82) is 0 Å². The molecular weight excluding hydrogens is 284 g/mol. The Bertz CT molecular complexity index is 670. The molecule has 2 aromatic heterocycles. The fraction of sp³-hybridized carbons (Fsp3) is 0.182. The van der Waals surface area contributed by atoms with Crippen molar-refractivity contribution in [1.82, 2.24) is 9.97 Å². The fourth-order valence-electron chi connectivity index (χ4n) is 1.53. The number of thiazole rings is 1. The minimum atomic E-state index is -1.36. The lowest BCUT2D eigenvalue weighted by molar-refractivity contribution is -0.385. The Kier molecular flexibility index (Phi) is 3.89. The Balaban J connectivity index is 2.21. The second-order valence-corrected chi connectivity index (χ2v) is 4.80. The van der Waals surface area contributed by atoms with E-state index < -0.39 is 22.1 Å². The molecule has 0 amide bonds. The van der Waals surface area contributed by atoms with E-state index in [0.717, 1.165) is 22.8 Å². The molecule has 0 unspecified atom stereocenters. The van der Waals surface area contributed by atoms with Crippen molar-refractivity contribution in [2.75, 3.05) is 5.32 Å². The second kappa shape index (κ2) is 5.61. The molecular formula is C11H10N4O4S. The van der Waals surface area contributed by atoms with Gasteiger partial charge in [-0.1, -0.05) is 0 Å². The van der Waals surface area contributed by atoms with Crippen LogP contribution in [0.15, 0.2) is 17.8 Å². The summed E-state index contributed by atoms with van der Waals surface area (Å²) in [6.07, 6.45) is 0.936. The zero-order valence-electron chi connectivity index (χ0n) is 10.4. The van der Waals surface area contributed by atoms with Crippen LogP contribution in [0.25, 0.3) is 0 Å². The van der Waals surface area contributed by atoms with Gasteiger partial charge in [0.25, 0.3) is 0 Å². The molecule has 2 N–H and O–H groups in total. The molecule has 0 aliphatic carbocycles. The summed E-state index contributed by atoms with van der Waals surface area (Å²) in [5.74, 6) is -1.10. The van der Waals surface area contributed by atoms with Crippen LogP contribution < -0.4 is 5.32 Å². The molecule has 2 heterocycles. The van der Waals surface area contributed by atoms with E-state index in [1.165, 1.54) is 11.3 Å². The van der Waals surface area contributed by atoms with E-state index in [4.69, 9.17) is 5.11 Å². The number of carboxylic acid groups (broad SMARTS) is 1. The monoisotopic (exact) mass is 294 g/mol. The van der Waals surface area contributed by atoms with Crippen LogP contribution in [0.4, 0.5) is 11.5 Å². The number of nitro groups is 1. The Morgan fingerprint density at radius 2 is 2.30 bits per heavy atom. The lowest BCUT2D eigenvalue weighted by atomic mass is 10.2. The van der Waals surface area contributed by atoms with Crippen molar-refractivity contribution in [3.63, 3.8) is 0 Å². The topological polar surface area (TPSA) is 118 Å². The molecule has 0 aliphatic heterocycles. The standard InChI is InChI=1S/C11H10N4O4S/c1-6-9(20-5-14-6)4-13-10-2-7(11(16)17)8(3-12-10)15(18)19/h2-3,5H,4H2,1H3,(H,12,13)(H,16,17). The molecule has 0 fully saturated rings. The van der Waals surface area contributed by atoms with E-state index in [1.54, 1.807) is 5.51 Å². The number of carboxylic acids is 1. The average molecular weight is 294 g/mol. The van der Waals surface area contributed by atoms with Gasteiger partial charge in [-0.2, -0.15) is 0 Å². The highest BCUT2D eigenvalue weighted by atomic mass is 32.1. The van der Waals surface area contributed by atoms with Crippen LogP contribution in [0, 0.1) is 17.0 Å². The van der Waals surface area contributed by atoms with Crippen molar-refractivity contribution in [2.24, 2.45) is 0 Å². The van der Waals surface area contributed by atoms with E-state index in [2.05, 4.69) is 15.3 Å².